The van der Waals surface area contributed by atoms with E-state index >= 15 is 0 Å². The molecule has 0 bridgehead atoms. The molecule has 0 saturated carbocycles. The van der Waals surface area contributed by atoms with Crippen molar-refractivity contribution in [3.8, 4) is 44.8 Å². The third-order valence-electron chi connectivity index (χ3n) is 11.5. The Morgan fingerprint density at radius 3 is 1.16 bits per heavy atom. The van der Waals surface area contributed by atoms with Gasteiger partial charge in [0, 0.05) is 32.9 Å². The van der Waals surface area contributed by atoms with Gasteiger partial charge in [0.25, 0.3) is 0 Å². The number of aromatic nitrogens is 2. The zero-order chi connectivity index (χ0) is 37.0. The first-order valence-electron chi connectivity index (χ1n) is 19.6. The summed E-state index contributed by atoms with van der Waals surface area (Å²) < 4.78 is 4.83. The highest BCUT2D eigenvalue weighted by atomic mass is 15.0. The maximum Gasteiger partial charge on any atom is 0.0541 e. The summed E-state index contributed by atoms with van der Waals surface area (Å²) in [7, 11) is 0. The Morgan fingerprint density at radius 2 is 0.679 bits per heavy atom. The molecule has 1 aliphatic carbocycles. The zero-order valence-electron chi connectivity index (χ0n) is 30.9. The minimum atomic E-state index is 1.08. The van der Waals surface area contributed by atoms with Crippen LogP contribution in [0.3, 0.4) is 0 Å². The van der Waals surface area contributed by atoms with Crippen LogP contribution in [0.1, 0.15) is 18.4 Å². The molecule has 1 aliphatic rings. The van der Waals surface area contributed by atoms with Gasteiger partial charge in [-0.3, -0.25) is 0 Å². The molecule has 0 unspecified atom stereocenters. The fourth-order valence-electron chi connectivity index (χ4n) is 8.79. The number of allylic oxidation sites excluding steroid dienone is 4. The van der Waals surface area contributed by atoms with Gasteiger partial charge in [0.1, 0.15) is 0 Å². The molecule has 2 nitrogen and oxygen atoms in total. The first kappa shape index (κ1) is 32.3. The predicted molar refractivity (Wildman–Crippen MR) is 238 cm³/mol. The minimum Gasteiger partial charge on any atom is -0.309 e. The molecular formula is C54H38N2. The number of hydrogen-bond acceptors (Lipinski definition) is 0. The molecule has 0 spiro atoms. The third-order valence-corrected chi connectivity index (χ3v) is 11.5. The van der Waals surface area contributed by atoms with E-state index in [2.05, 4.69) is 215 Å². The molecule has 0 atom stereocenters. The zero-order valence-corrected chi connectivity index (χ0v) is 30.9. The van der Waals surface area contributed by atoms with E-state index in [4.69, 9.17) is 0 Å². The fraction of sp³-hybridized carbons (Fsp3) is 0.0370. The van der Waals surface area contributed by atoms with E-state index in [9.17, 15) is 0 Å². The van der Waals surface area contributed by atoms with E-state index in [1.165, 1.54) is 88.1 Å². The lowest BCUT2D eigenvalue weighted by molar-refractivity contribution is 1.04. The second kappa shape index (κ2) is 13.3. The number of fused-ring (bicyclic) bond motifs is 6. The maximum atomic E-state index is 2.43. The first-order valence-corrected chi connectivity index (χ1v) is 19.6. The van der Waals surface area contributed by atoms with E-state index in [0.29, 0.717) is 0 Å². The van der Waals surface area contributed by atoms with Gasteiger partial charge in [-0.1, -0.05) is 133 Å². The van der Waals surface area contributed by atoms with Gasteiger partial charge in [-0.15, -0.1) is 0 Å². The lowest BCUT2D eigenvalue weighted by Gasteiger charge is -2.11. The summed E-state index contributed by atoms with van der Waals surface area (Å²) >= 11 is 0. The molecule has 11 rings (SSSR count). The summed E-state index contributed by atoms with van der Waals surface area (Å²) in [6.45, 7) is 0. The average molecular weight is 715 g/mol. The monoisotopic (exact) mass is 714 g/mol. The largest absolute Gasteiger partial charge is 0.309 e. The molecule has 264 valence electrons. The Labute approximate surface area is 326 Å². The normalized spacial score (nSPS) is 12.9. The van der Waals surface area contributed by atoms with Crippen LogP contribution in [0.2, 0.25) is 0 Å². The Balaban J connectivity index is 1.10. The van der Waals surface area contributed by atoms with E-state index in [0.717, 1.165) is 24.2 Å². The second-order valence-electron chi connectivity index (χ2n) is 14.9. The minimum absolute atomic E-state index is 1.08. The topological polar surface area (TPSA) is 9.86 Å². The highest BCUT2D eigenvalue weighted by Gasteiger charge is 2.18. The molecule has 2 heteroatoms. The van der Waals surface area contributed by atoms with Gasteiger partial charge in [0.2, 0.25) is 0 Å². The van der Waals surface area contributed by atoms with Crippen molar-refractivity contribution >= 4 is 49.2 Å². The SMILES string of the molecule is C1=CC(c2ccc3c(c2)c2cc(-c4ccc5c(c4)c4cc(-c6ccccc6)ccc4n5-c4ccccc4)ccc2n3-c2ccc(-c3ccccc3)cc2)=CCC1. The number of nitrogens with zero attached hydrogens (tertiary/aromatic N) is 2. The molecule has 0 fully saturated rings. The standard InChI is InChI=1S/C54H38N2/c1-5-13-37(14-6-1)40-21-27-46(28-22-40)56-53-30-24-42(39-17-9-3-10-18-39)34-48(53)50-36-44(26-32-54(50)56)43-25-31-52-49(35-43)47-33-41(38-15-7-2-8-16-38)23-29-51(47)55(52)45-19-11-4-12-20-45/h1-2,4-9,11-36H,3,10H2. The van der Waals surface area contributed by atoms with E-state index < -0.39 is 0 Å². The van der Waals surface area contributed by atoms with Crippen molar-refractivity contribution in [2.75, 3.05) is 0 Å². The van der Waals surface area contributed by atoms with Crippen LogP contribution in [-0.2, 0) is 0 Å². The van der Waals surface area contributed by atoms with Gasteiger partial charge in [0.05, 0.1) is 22.1 Å². The van der Waals surface area contributed by atoms with Crippen molar-refractivity contribution in [2.24, 2.45) is 0 Å². The van der Waals surface area contributed by atoms with Crippen LogP contribution in [0.5, 0.6) is 0 Å². The van der Waals surface area contributed by atoms with E-state index in [1.807, 2.05) is 0 Å². The molecule has 0 radical (unpaired) electrons. The highest BCUT2D eigenvalue weighted by Crippen LogP contribution is 2.40. The van der Waals surface area contributed by atoms with Crippen LogP contribution in [0.25, 0.3) is 93.9 Å². The summed E-state index contributed by atoms with van der Waals surface area (Å²) in [4.78, 5) is 0. The van der Waals surface area contributed by atoms with Crippen LogP contribution in [0, 0.1) is 0 Å². The predicted octanol–water partition coefficient (Wildman–Crippen LogP) is 14.6. The summed E-state index contributed by atoms with van der Waals surface area (Å²) in [5.41, 5.74) is 17.0. The van der Waals surface area contributed by atoms with E-state index in [-0.39, 0.29) is 0 Å². The van der Waals surface area contributed by atoms with Crippen molar-refractivity contribution in [1.82, 2.24) is 9.13 Å². The molecule has 56 heavy (non-hydrogen) atoms. The van der Waals surface area contributed by atoms with Crippen LogP contribution in [-0.4, -0.2) is 9.13 Å². The van der Waals surface area contributed by atoms with Gasteiger partial charge in [-0.25, -0.2) is 0 Å². The lowest BCUT2D eigenvalue weighted by atomic mass is 9.97. The first-order chi connectivity index (χ1) is 27.8. The molecule has 2 aromatic heterocycles. The van der Waals surface area contributed by atoms with Gasteiger partial charge in [-0.05, 0) is 130 Å². The summed E-state index contributed by atoms with van der Waals surface area (Å²) in [6, 6.07) is 69.0. The molecule has 0 amide bonds. The molecular weight excluding hydrogens is 677 g/mol. The van der Waals surface area contributed by atoms with Crippen molar-refractivity contribution in [3.63, 3.8) is 0 Å². The maximum absolute atomic E-state index is 2.43. The van der Waals surface area contributed by atoms with Crippen LogP contribution >= 0.6 is 0 Å². The summed E-state index contributed by atoms with van der Waals surface area (Å²) in [5, 5.41) is 5.02. The van der Waals surface area contributed by atoms with Crippen molar-refractivity contribution in [3.05, 3.63) is 212 Å². The molecule has 0 N–H and O–H groups in total. The summed E-state index contributed by atoms with van der Waals surface area (Å²) in [6.07, 6.45) is 9.14. The molecule has 0 aliphatic heterocycles. The highest BCUT2D eigenvalue weighted by molar-refractivity contribution is 6.13. The number of rotatable bonds is 6. The van der Waals surface area contributed by atoms with Crippen molar-refractivity contribution in [1.29, 1.82) is 0 Å². The Bertz CT molecular complexity index is 3140. The third kappa shape index (κ3) is 5.41. The Morgan fingerprint density at radius 1 is 0.304 bits per heavy atom. The number of para-hydroxylation sites is 1. The molecule has 0 saturated heterocycles. The van der Waals surface area contributed by atoms with Gasteiger partial charge in [0.15, 0.2) is 0 Å². The van der Waals surface area contributed by atoms with Crippen molar-refractivity contribution in [2.45, 2.75) is 12.8 Å². The van der Waals surface area contributed by atoms with Crippen LogP contribution < -0.4 is 0 Å². The quantitative estimate of drug-likeness (QED) is 0.162. The summed E-state index contributed by atoms with van der Waals surface area (Å²) in [5.74, 6) is 0. The molecule has 10 aromatic rings. The fourth-order valence-corrected chi connectivity index (χ4v) is 8.79. The van der Waals surface area contributed by atoms with Gasteiger partial charge >= 0.3 is 0 Å². The van der Waals surface area contributed by atoms with Crippen molar-refractivity contribution < 1.29 is 0 Å². The number of benzene rings is 8. The smallest absolute Gasteiger partial charge is 0.0541 e. The molecule has 2 heterocycles. The lowest BCUT2D eigenvalue weighted by Crippen LogP contribution is -1.94. The second-order valence-corrected chi connectivity index (χ2v) is 14.9. The van der Waals surface area contributed by atoms with Crippen LogP contribution in [0.4, 0.5) is 0 Å². The van der Waals surface area contributed by atoms with Crippen LogP contribution in [0.15, 0.2) is 206 Å². The van der Waals surface area contributed by atoms with Gasteiger partial charge < -0.3 is 9.13 Å². The number of hydrogen-bond donors (Lipinski definition) is 0. The molecule has 8 aromatic carbocycles. The Hall–Kier alpha value is -7.16. The Kier molecular flexibility index (Phi) is 7.67. The average Bonchev–Trinajstić information content (AvgIpc) is 3.79. The van der Waals surface area contributed by atoms with E-state index in [1.54, 1.807) is 0 Å². The van der Waals surface area contributed by atoms with Gasteiger partial charge in [-0.2, -0.15) is 0 Å².